The van der Waals surface area contributed by atoms with E-state index in [-0.39, 0.29) is 6.10 Å². The third-order valence-electron chi connectivity index (χ3n) is 2.48. The minimum atomic E-state index is -0.865. The van der Waals surface area contributed by atoms with Crippen LogP contribution >= 0.6 is 0 Å². The molecule has 0 amide bonds. The fourth-order valence-electron chi connectivity index (χ4n) is 1.35. The number of hydrogen-bond acceptors (Lipinski definition) is 2. The van der Waals surface area contributed by atoms with E-state index in [0.717, 1.165) is 11.3 Å². The molecule has 0 heterocycles. The molecule has 1 N–H and O–H groups in total. The van der Waals surface area contributed by atoms with Gasteiger partial charge in [0.1, 0.15) is 5.75 Å². The van der Waals surface area contributed by atoms with Crippen molar-refractivity contribution in [2.75, 3.05) is 0 Å². The lowest BCUT2D eigenvalue weighted by Gasteiger charge is -2.20. The van der Waals surface area contributed by atoms with Gasteiger partial charge in [0.25, 0.3) is 0 Å². The molecular weight excluding hydrogens is 204 g/mol. The normalized spacial score (nSPS) is 11.6. The first-order chi connectivity index (χ1) is 7.34. The summed E-state index contributed by atoms with van der Waals surface area (Å²) < 4.78 is 5.49. The quantitative estimate of drug-likeness (QED) is 0.852. The average molecular weight is 222 g/mol. The van der Waals surface area contributed by atoms with Crippen LogP contribution in [-0.4, -0.2) is 17.2 Å². The lowest BCUT2D eigenvalue weighted by atomic mass is 9.85. The summed E-state index contributed by atoms with van der Waals surface area (Å²) in [6.07, 6.45) is 0.123. The van der Waals surface area contributed by atoms with Crippen molar-refractivity contribution < 1.29 is 14.6 Å². The van der Waals surface area contributed by atoms with Crippen molar-refractivity contribution in [3.8, 4) is 5.75 Å². The molecule has 0 fully saturated rings. The van der Waals surface area contributed by atoms with Crippen LogP contribution in [0.15, 0.2) is 24.3 Å². The summed E-state index contributed by atoms with van der Waals surface area (Å²) >= 11 is 0. The molecule has 1 aromatic carbocycles. The Morgan fingerprint density at radius 3 is 2.12 bits per heavy atom. The number of carbonyl (C=O) groups is 1. The molecule has 0 aliphatic heterocycles. The number of ether oxygens (including phenoxy) is 1. The standard InChI is InChI=1S/C13H18O3/c1-9(2)16-11-7-5-10(6-8-11)13(3,4)12(14)15/h5-9H,1-4H3,(H,14,15). The molecule has 0 aromatic heterocycles. The Labute approximate surface area is 96.1 Å². The first-order valence-corrected chi connectivity index (χ1v) is 5.34. The summed E-state index contributed by atoms with van der Waals surface area (Å²) in [7, 11) is 0. The van der Waals surface area contributed by atoms with Gasteiger partial charge in [0.05, 0.1) is 11.5 Å². The molecule has 0 saturated carbocycles. The summed E-state index contributed by atoms with van der Waals surface area (Å²) in [6, 6.07) is 7.21. The van der Waals surface area contributed by atoms with Gasteiger partial charge >= 0.3 is 5.97 Å². The molecular formula is C13H18O3. The Morgan fingerprint density at radius 2 is 1.75 bits per heavy atom. The van der Waals surface area contributed by atoms with E-state index < -0.39 is 11.4 Å². The van der Waals surface area contributed by atoms with Gasteiger partial charge < -0.3 is 9.84 Å². The summed E-state index contributed by atoms with van der Waals surface area (Å²) in [5, 5.41) is 9.08. The summed E-state index contributed by atoms with van der Waals surface area (Å²) in [5.74, 6) is -0.0648. The topological polar surface area (TPSA) is 46.5 Å². The van der Waals surface area contributed by atoms with Crippen molar-refractivity contribution in [2.24, 2.45) is 0 Å². The second-order valence-electron chi connectivity index (χ2n) is 4.62. The Balaban J connectivity index is 2.91. The highest BCUT2D eigenvalue weighted by Gasteiger charge is 2.29. The van der Waals surface area contributed by atoms with Crippen molar-refractivity contribution in [3.05, 3.63) is 29.8 Å². The molecule has 0 bridgehead atoms. The summed E-state index contributed by atoms with van der Waals surface area (Å²) in [4.78, 5) is 11.1. The minimum Gasteiger partial charge on any atom is -0.491 e. The third-order valence-corrected chi connectivity index (χ3v) is 2.48. The minimum absolute atomic E-state index is 0.123. The third kappa shape index (κ3) is 2.75. The molecule has 1 aromatic rings. The molecule has 1 rings (SSSR count). The van der Waals surface area contributed by atoms with Crippen LogP contribution in [0.4, 0.5) is 0 Å². The number of carboxylic acids is 1. The first-order valence-electron chi connectivity index (χ1n) is 5.34. The largest absolute Gasteiger partial charge is 0.491 e. The molecule has 0 spiro atoms. The summed E-state index contributed by atoms with van der Waals surface area (Å²) in [6.45, 7) is 7.28. The van der Waals surface area contributed by atoms with E-state index in [4.69, 9.17) is 9.84 Å². The maximum atomic E-state index is 11.1. The highest BCUT2D eigenvalue weighted by Crippen LogP contribution is 2.25. The Morgan fingerprint density at radius 1 is 1.25 bits per heavy atom. The maximum Gasteiger partial charge on any atom is 0.313 e. The smallest absolute Gasteiger partial charge is 0.313 e. The Bertz CT molecular complexity index is 363. The van der Waals surface area contributed by atoms with Crippen LogP contribution in [-0.2, 0) is 10.2 Å². The molecule has 0 aliphatic carbocycles. The molecule has 0 unspecified atom stereocenters. The molecule has 3 heteroatoms. The second-order valence-corrected chi connectivity index (χ2v) is 4.62. The van der Waals surface area contributed by atoms with Crippen LogP contribution in [0.25, 0.3) is 0 Å². The van der Waals surface area contributed by atoms with E-state index in [0.29, 0.717) is 0 Å². The number of hydrogen-bond donors (Lipinski definition) is 1. The Hall–Kier alpha value is -1.51. The predicted molar refractivity (Wildman–Crippen MR) is 62.9 cm³/mol. The van der Waals surface area contributed by atoms with Gasteiger partial charge in [0, 0.05) is 0 Å². The van der Waals surface area contributed by atoms with E-state index in [2.05, 4.69) is 0 Å². The predicted octanol–water partition coefficient (Wildman–Crippen LogP) is 2.84. The van der Waals surface area contributed by atoms with E-state index in [1.54, 1.807) is 38.1 Å². The molecule has 3 nitrogen and oxygen atoms in total. The van der Waals surface area contributed by atoms with Gasteiger partial charge in [-0.3, -0.25) is 4.79 Å². The molecule has 88 valence electrons. The van der Waals surface area contributed by atoms with E-state index >= 15 is 0 Å². The van der Waals surface area contributed by atoms with Crippen LogP contribution in [0.5, 0.6) is 5.75 Å². The van der Waals surface area contributed by atoms with Crippen molar-refractivity contribution in [1.29, 1.82) is 0 Å². The van der Waals surface area contributed by atoms with Crippen molar-refractivity contribution in [2.45, 2.75) is 39.2 Å². The van der Waals surface area contributed by atoms with Gasteiger partial charge in [-0.05, 0) is 45.4 Å². The van der Waals surface area contributed by atoms with Gasteiger partial charge in [0.2, 0.25) is 0 Å². The fourth-order valence-corrected chi connectivity index (χ4v) is 1.35. The zero-order chi connectivity index (χ0) is 12.3. The Kier molecular flexibility index (Phi) is 3.58. The second kappa shape index (κ2) is 4.56. The number of benzene rings is 1. The SMILES string of the molecule is CC(C)Oc1ccc(C(C)(C)C(=O)O)cc1. The van der Waals surface area contributed by atoms with Gasteiger partial charge in [-0.15, -0.1) is 0 Å². The highest BCUT2D eigenvalue weighted by atomic mass is 16.5. The van der Waals surface area contributed by atoms with Crippen molar-refractivity contribution >= 4 is 5.97 Å². The molecule has 0 aliphatic rings. The van der Waals surface area contributed by atoms with Crippen molar-refractivity contribution in [1.82, 2.24) is 0 Å². The molecule has 0 saturated heterocycles. The van der Waals surface area contributed by atoms with E-state index in [1.165, 1.54) is 0 Å². The van der Waals surface area contributed by atoms with Crippen molar-refractivity contribution in [3.63, 3.8) is 0 Å². The fraction of sp³-hybridized carbons (Fsp3) is 0.462. The number of rotatable bonds is 4. The maximum absolute atomic E-state index is 11.1. The number of carboxylic acid groups (broad SMARTS) is 1. The van der Waals surface area contributed by atoms with Gasteiger partial charge in [-0.2, -0.15) is 0 Å². The van der Waals surface area contributed by atoms with Crippen LogP contribution in [0.3, 0.4) is 0 Å². The zero-order valence-electron chi connectivity index (χ0n) is 10.2. The lowest BCUT2D eigenvalue weighted by Crippen LogP contribution is -2.28. The van der Waals surface area contributed by atoms with Gasteiger partial charge in [0.15, 0.2) is 0 Å². The van der Waals surface area contributed by atoms with Crippen LogP contribution in [0, 0.1) is 0 Å². The first kappa shape index (κ1) is 12.6. The van der Waals surface area contributed by atoms with E-state index in [1.807, 2.05) is 13.8 Å². The molecule has 16 heavy (non-hydrogen) atoms. The molecule has 0 radical (unpaired) electrons. The average Bonchev–Trinajstić information content (AvgIpc) is 2.17. The van der Waals surface area contributed by atoms with Crippen LogP contribution in [0.2, 0.25) is 0 Å². The highest BCUT2D eigenvalue weighted by molar-refractivity contribution is 5.80. The van der Waals surface area contributed by atoms with Crippen LogP contribution < -0.4 is 4.74 Å². The lowest BCUT2D eigenvalue weighted by molar-refractivity contribution is -0.142. The molecule has 0 atom stereocenters. The summed E-state index contributed by atoms with van der Waals surface area (Å²) in [5.41, 5.74) is -0.0905. The van der Waals surface area contributed by atoms with Gasteiger partial charge in [-0.1, -0.05) is 12.1 Å². The van der Waals surface area contributed by atoms with E-state index in [9.17, 15) is 4.79 Å². The van der Waals surface area contributed by atoms with Crippen LogP contribution in [0.1, 0.15) is 33.3 Å². The monoisotopic (exact) mass is 222 g/mol. The van der Waals surface area contributed by atoms with Gasteiger partial charge in [-0.25, -0.2) is 0 Å². The zero-order valence-corrected chi connectivity index (χ0v) is 10.2. The number of aliphatic carboxylic acids is 1.